The molecule has 1 aliphatic heterocycles. The first-order valence-electron chi connectivity index (χ1n) is 4.81. The number of carbonyl (C=O) groups is 1. The standard InChI is InChI=1S/C12H13NO2/c1-8-9(2)13(12(8)14)10-4-6-11(15-3)7-5-10/h4-7,9H,1H2,2-3H3/t9-/m0/s1. The van der Waals surface area contributed by atoms with Crippen LogP contribution < -0.4 is 9.64 Å². The number of amides is 1. The highest BCUT2D eigenvalue weighted by Crippen LogP contribution is 2.31. The van der Waals surface area contributed by atoms with Gasteiger partial charge in [-0.05, 0) is 31.2 Å². The van der Waals surface area contributed by atoms with Gasteiger partial charge in [0.15, 0.2) is 0 Å². The SMILES string of the molecule is C=C1C(=O)N(c2ccc(OC)cc2)[C@H]1C. The first-order valence-corrected chi connectivity index (χ1v) is 4.81. The zero-order valence-corrected chi connectivity index (χ0v) is 8.86. The van der Waals surface area contributed by atoms with E-state index in [0.717, 1.165) is 11.4 Å². The second kappa shape index (κ2) is 3.42. The van der Waals surface area contributed by atoms with Crippen molar-refractivity contribution < 1.29 is 9.53 Å². The average Bonchev–Trinajstić information content (AvgIpc) is 2.30. The smallest absolute Gasteiger partial charge is 0.256 e. The Labute approximate surface area is 89.0 Å². The molecule has 1 atom stereocenters. The summed E-state index contributed by atoms with van der Waals surface area (Å²) in [6, 6.07) is 7.54. The van der Waals surface area contributed by atoms with Gasteiger partial charge in [-0.25, -0.2) is 0 Å². The Hall–Kier alpha value is -1.77. The van der Waals surface area contributed by atoms with Crippen molar-refractivity contribution in [1.29, 1.82) is 0 Å². The maximum absolute atomic E-state index is 11.5. The summed E-state index contributed by atoms with van der Waals surface area (Å²) in [5, 5.41) is 0. The fourth-order valence-corrected chi connectivity index (χ4v) is 1.68. The molecule has 1 aliphatic rings. The molecular weight excluding hydrogens is 190 g/mol. The lowest BCUT2D eigenvalue weighted by Crippen LogP contribution is -2.53. The fraction of sp³-hybridized carbons (Fsp3) is 0.250. The third kappa shape index (κ3) is 1.40. The topological polar surface area (TPSA) is 29.5 Å². The predicted molar refractivity (Wildman–Crippen MR) is 59.1 cm³/mol. The minimum atomic E-state index is 0.00710. The number of benzene rings is 1. The molecule has 1 saturated heterocycles. The quantitative estimate of drug-likeness (QED) is 0.543. The Kier molecular flexibility index (Phi) is 2.23. The van der Waals surface area contributed by atoms with Crippen LogP contribution in [0.1, 0.15) is 6.92 Å². The number of anilines is 1. The molecule has 0 N–H and O–H groups in total. The summed E-state index contributed by atoms with van der Waals surface area (Å²) in [6.07, 6.45) is 0. The van der Waals surface area contributed by atoms with Crippen molar-refractivity contribution >= 4 is 11.6 Å². The number of β-lactam (4-membered cyclic amide) rings is 1. The molecule has 15 heavy (non-hydrogen) atoms. The molecular formula is C12H13NO2. The zero-order valence-electron chi connectivity index (χ0n) is 8.86. The molecule has 1 aromatic carbocycles. The van der Waals surface area contributed by atoms with E-state index in [2.05, 4.69) is 6.58 Å². The first-order chi connectivity index (χ1) is 7.15. The van der Waals surface area contributed by atoms with Crippen molar-refractivity contribution in [1.82, 2.24) is 0 Å². The molecule has 78 valence electrons. The van der Waals surface area contributed by atoms with Crippen LogP contribution in [0.4, 0.5) is 5.69 Å². The lowest BCUT2D eigenvalue weighted by Gasteiger charge is -2.40. The number of methoxy groups -OCH3 is 1. The van der Waals surface area contributed by atoms with E-state index in [1.807, 2.05) is 31.2 Å². The number of ether oxygens (including phenoxy) is 1. The van der Waals surface area contributed by atoms with Gasteiger partial charge in [0.1, 0.15) is 5.75 Å². The fourth-order valence-electron chi connectivity index (χ4n) is 1.68. The molecule has 0 aromatic heterocycles. The molecule has 0 spiro atoms. The van der Waals surface area contributed by atoms with Crippen LogP contribution in [0.5, 0.6) is 5.75 Å². The van der Waals surface area contributed by atoms with Crippen molar-refractivity contribution in [2.24, 2.45) is 0 Å². The maximum atomic E-state index is 11.5. The number of hydrogen-bond acceptors (Lipinski definition) is 2. The second-order valence-corrected chi connectivity index (χ2v) is 3.57. The second-order valence-electron chi connectivity index (χ2n) is 3.57. The Bertz CT molecular complexity index is 408. The largest absolute Gasteiger partial charge is 0.497 e. The highest BCUT2D eigenvalue weighted by Gasteiger charge is 2.37. The molecule has 3 heteroatoms. The molecule has 0 aliphatic carbocycles. The maximum Gasteiger partial charge on any atom is 0.256 e. The molecule has 1 aromatic rings. The molecule has 0 unspecified atom stereocenters. The van der Waals surface area contributed by atoms with Gasteiger partial charge in [-0.2, -0.15) is 0 Å². The highest BCUT2D eigenvalue weighted by molar-refractivity contribution is 6.14. The highest BCUT2D eigenvalue weighted by atomic mass is 16.5. The number of carbonyl (C=O) groups excluding carboxylic acids is 1. The summed E-state index contributed by atoms with van der Waals surface area (Å²) in [5.74, 6) is 0.797. The van der Waals surface area contributed by atoms with E-state index in [1.54, 1.807) is 12.0 Å². The van der Waals surface area contributed by atoms with E-state index in [9.17, 15) is 4.79 Å². The Balaban J connectivity index is 2.24. The van der Waals surface area contributed by atoms with Gasteiger partial charge in [-0.1, -0.05) is 6.58 Å². The van der Waals surface area contributed by atoms with Gasteiger partial charge in [0.2, 0.25) is 0 Å². The van der Waals surface area contributed by atoms with Gasteiger partial charge in [0.25, 0.3) is 5.91 Å². The van der Waals surface area contributed by atoms with E-state index < -0.39 is 0 Å². The molecule has 0 bridgehead atoms. The van der Waals surface area contributed by atoms with Gasteiger partial charge in [0.05, 0.1) is 13.2 Å². The zero-order chi connectivity index (χ0) is 11.0. The molecule has 3 nitrogen and oxygen atoms in total. The average molecular weight is 203 g/mol. The lowest BCUT2D eigenvalue weighted by atomic mass is 9.97. The molecule has 0 radical (unpaired) electrons. The summed E-state index contributed by atoms with van der Waals surface area (Å²) >= 11 is 0. The monoisotopic (exact) mass is 203 g/mol. The van der Waals surface area contributed by atoms with E-state index in [1.165, 1.54) is 0 Å². The van der Waals surface area contributed by atoms with Gasteiger partial charge in [0, 0.05) is 11.3 Å². The first kappa shape index (κ1) is 9.77. The van der Waals surface area contributed by atoms with Crippen LogP contribution in [0.3, 0.4) is 0 Å². The summed E-state index contributed by atoms with van der Waals surface area (Å²) in [6.45, 7) is 5.68. The van der Waals surface area contributed by atoms with Gasteiger partial charge >= 0.3 is 0 Å². The minimum Gasteiger partial charge on any atom is -0.497 e. The van der Waals surface area contributed by atoms with Crippen molar-refractivity contribution in [3.05, 3.63) is 36.4 Å². The third-order valence-electron chi connectivity index (χ3n) is 2.74. The molecule has 1 fully saturated rings. The van der Waals surface area contributed by atoms with E-state index in [4.69, 9.17) is 4.74 Å². The normalized spacial score (nSPS) is 20.1. The number of nitrogens with zero attached hydrogens (tertiary/aromatic N) is 1. The lowest BCUT2D eigenvalue weighted by molar-refractivity contribution is -0.118. The minimum absolute atomic E-state index is 0.00710. The predicted octanol–water partition coefficient (Wildman–Crippen LogP) is 1.99. The van der Waals surface area contributed by atoms with Gasteiger partial charge < -0.3 is 9.64 Å². The summed E-state index contributed by atoms with van der Waals surface area (Å²) < 4.78 is 5.05. The summed E-state index contributed by atoms with van der Waals surface area (Å²) in [4.78, 5) is 13.2. The van der Waals surface area contributed by atoms with Crippen LogP contribution in [-0.4, -0.2) is 19.1 Å². The Morgan fingerprint density at radius 1 is 1.33 bits per heavy atom. The molecule has 1 amide bonds. The van der Waals surface area contributed by atoms with E-state index in [0.29, 0.717) is 5.57 Å². The van der Waals surface area contributed by atoms with Crippen LogP contribution >= 0.6 is 0 Å². The van der Waals surface area contributed by atoms with Crippen molar-refractivity contribution in [2.75, 3.05) is 12.0 Å². The Morgan fingerprint density at radius 2 is 1.93 bits per heavy atom. The van der Waals surface area contributed by atoms with Crippen molar-refractivity contribution in [3.8, 4) is 5.75 Å². The van der Waals surface area contributed by atoms with E-state index >= 15 is 0 Å². The van der Waals surface area contributed by atoms with Crippen LogP contribution in [0.2, 0.25) is 0 Å². The summed E-state index contributed by atoms with van der Waals surface area (Å²) in [5.41, 5.74) is 1.56. The van der Waals surface area contributed by atoms with Crippen LogP contribution in [-0.2, 0) is 4.79 Å². The Morgan fingerprint density at radius 3 is 2.40 bits per heavy atom. The van der Waals surface area contributed by atoms with Crippen LogP contribution in [0, 0.1) is 0 Å². The van der Waals surface area contributed by atoms with Gasteiger partial charge in [-0.15, -0.1) is 0 Å². The van der Waals surface area contributed by atoms with Crippen molar-refractivity contribution in [3.63, 3.8) is 0 Å². The summed E-state index contributed by atoms with van der Waals surface area (Å²) in [7, 11) is 1.62. The number of rotatable bonds is 2. The van der Waals surface area contributed by atoms with Crippen LogP contribution in [0.15, 0.2) is 36.4 Å². The third-order valence-corrected chi connectivity index (χ3v) is 2.74. The van der Waals surface area contributed by atoms with Crippen LogP contribution in [0.25, 0.3) is 0 Å². The number of hydrogen-bond donors (Lipinski definition) is 0. The van der Waals surface area contributed by atoms with Crippen molar-refractivity contribution in [2.45, 2.75) is 13.0 Å². The molecule has 0 saturated carbocycles. The molecule has 2 rings (SSSR count). The van der Waals surface area contributed by atoms with E-state index in [-0.39, 0.29) is 11.9 Å². The van der Waals surface area contributed by atoms with Gasteiger partial charge in [-0.3, -0.25) is 4.79 Å². The molecule has 1 heterocycles.